The number of hydrogen-bond acceptors (Lipinski definition) is 5. The number of carbonyl (C=O) groups is 2. The first kappa shape index (κ1) is 23.6. The van der Waals surface area contributed by atoms with Gasteiger partial charge >= 0.3 is 6.18 Å². The van der Waals surface area contributed by atoms with E-state index in [0.29, 0.717) is 5.02 Å². The molecule has 8 nitrogen and oxygen atoms in total. The Morgan fingerprint density at radius 1 is 1.12 bits per heavy atom. The number of benzene rings is 2. The van der Waals surface area contributed by atoms with Gasteiger partial charge in [-0.1, -0.05) is 29.3 Å². The van der Waals surface area contributed by atoms with Crippen LogP contribution in [0.15, 0.2) is 47.3 Å². The van der Waals surface area contributed by atoms with E-state index in [1.807, 2.05) is 0 Å². The number of carbonyl (C=O) groups excluding carboxylic acids is 2. The van der Waals surface area contributed by atoms with Crippen LogP contribution in [0, 0.1) is 0 Å². The maximum absolute atomic E-state index is 13.0. The lowest BCUT2D eigenvalue weighted by Crippen LogP contribution is -2.36. The van der Waals surface area contributed by atoms with Crippen molar-refractivity contribution in [3.8, 4) is 0 Å². The standard InChI is InChI=1S/C21H14Cl2F3N5O3/c22-10-4-5-13(23)14(7-10)28-18(33)12-8-15(32)29-17-16(12)19(34)31-20(30-17)27-11-3-1-2-9(6-11)21(24,25)26/h1-7,12H,8H2,(H,28,33)(H3,27,29,30,31,32,34)/t12-/m1/s1. The summed E-state index contributed by atoms with van der Waals surface area (Å²) in [6, 6.07) is 8.67. The largest absolute Gasteiger partial charge is 0.416 e. The van der Waals surface area contributed by atoms with Gasteiger partial charge in [0.15, 0.2) is 0 Å². The van der Waals surface area contributed by atoms with Crippen molar-refractivity contribution in [2.45, 2.75) is 18.5 Å². The summed E-state index contributed by atoms with van der Waals surface area (Å²) in [5.41, 5.74) is -1.56. The summed E-state index contributed by atoms with van der Waals surface area (Å²) in [7, 11) is 0. The van der Waals surface area contributed by atoms with E-state index in [1.54, 1.807) is 0 Å². The lowest BCUT2D eigenvalue weighted by atomic mass is 9.92. The second-order valence-electron chi connectivity index (χ2n) is 7.30. The zero-order chi connectivity index (χ0) is 24.6. The van der Waals surface area contributed by atoms with Crippen molar-refractivity contribution >= 4 is 58.2 Å². The van der Waals surface area contributed by atoms with Gasteiger partial charge in [-0.25, -0.2) is 0 Å². The molecule has 13 heteroatoms. The quantitative estimate of drug-likeness (QED) is 0.397. The van der Waals surface area contributed by atoms with Crippen LogP contribution in [0.2, 0.25) is 10.0 Å². The second kappa shape index (κ2) is 8.99. The van der Waals surface area contributed by atoms with Crippen LogP contribution < -0.4 is 21.5 Å². The van der Waals surface area contributed by atoms with Gasteiger partial charge in [-0.3, -0.25) is 19.4 Å². The summed E-state index contributed by atoms with van der Waals surface area (Å²) < 4.78 is 38.9. The molecule has 4 N–H and O–H groups in total. The monoisotopic (exact) mass is 511 g/mol. The predicted octanol–water partition coefficient (Wildman–Crippen LogP) is 4.90. The summed E-state index contributed by atoms with van der Waals surface area (Å²) in [4.78, 5) is 44.4. The summed E-state index contributed by atoms with van der Waals surface area (Å²) in [5, 5.41) is 8.04. The first-order valence-electron chi connectivity index (χ1n) is 9.65. The minimum absolute atomic E-state index is 0.00459. The molecule has 0 spiro atoms. The van der Waals surface area contributed by atoms with Crippen LogP contribution in [-0.2, 0) is 15.8 Å². The van der Waals surface area contributed by atoms with Crippen LogP contribution in [0.4, 0.5) is 36.3 Å². The van der Waals surface area contributed by atoms with Gasteiger partial charge in [0, 0.05) is 17.1 Å². The smallest absolute Gasteiger partial charge is 0.326 e. The van der Waals surface area contributed by atoms with Crippen molar-refractivity contribution in [1.29, 1.82) is 0 Å². The van der Waals surface area contributed by atoms with Crippen LogP contribution in [0.3, 0.4) is 0 Å². The van der Waals surface area contributed by atoms with Gasteiger partial charge in [-0.2, -0.15) is 18.2 Å². The number of aromatic amines is 1. The highest BCUT2D eigenvalue weighted by atomic mass is 35.5. The zero-order valence-electron chi connectivity index (χ0n) is 16.9. The van der Waals surface area contributed by atoms with Crippen LogP contribution in [0.5, 0.6) is 0 Å². The molecule has 3 aromatic rings. The highest BCUT2D eigenvalue weighted by Gasteiger charge is 2.35. The number of alkyl halides is 3. The minimum Gasteiger partial charge on any atom is -0.326 e. The molecule has 0 aliphatic carbocycles. The Bertz CT molecular complexity index is 1360. The van der Waals surface area contributed by atoms with E-state index < -0.39 is 35.0 Å². The number of nitrogens with one attached hydrogen (secondary N) is 4. The molecule has 2 heterocycles. The molecule has 1 aliphatic rings. The van der Waals surface area contributed by atoms with Gasteiger partial charge in [0.25, 0.3) is 5.56 Å². The van der Waals surface area contributed by atoms with Crippen LogP contribution in [0.25, 0.3) is 0 Å². The van der Waals surface area contributed by atoms with Crippen LogP contribution >= 0.6 is 23.2 Å². The van der Waals surface area contributed by atoms with Crippen molar-refractivity contribution in [3.63, 3.8) is 0 Å². The predicted molar refractivity (Wildman–Crippen MR) is 121 cm³/mol. The van der Waals surface area contributed by atoms with Gasteiger partial charge in [0.1, 0.15) is 5.82 Å². The van der Waals surface area contributed by atoms with Gasteiger partial charge in [-0.05, 0) is 36.4 Å². The second-order valence-corrected chi connectivity index (χ2v) is 8.14. The van der Waals surface area contributed by atoms with E-state index in [4.69, 9.17) is 23.2 Å². The molecule has 0 fully saturated rings. The fourth-order valence-electron chi connectivity index (χ4n) is 3.38. The molecule has 0 saturated heterocycles. The van der Waals surface area contributed by atoms with E-state index in [9.17, 15) is 27.6 Å². The summed E-state index contributed by atoms with van der Waals surface area (Å²) in [6.45, 7) is 0. The van der Waals surface area contributed by atoms with Crippen molar-refractivity contribution in [2.24, 2.45) is 0 Å². The molecule has 1 aromatic heterocycles. The number of rotatable bonds is 4. The highest BCUT2D eigenvalue weighted by molar-refractivity contribution is 6.35. The molecule has 2 amide bonds. The molecule has 0 bridgehead atoms. The third-order valence-electron chi connectivity index (χ3n) is 4.91. The Morgan fingerprint density at radius 2 is 1.88 bits per heavy atom. The first-order valence-corrected chi connectivity index (χ1v) is 10.4. The Kier molecular flexibility index (Phi) is 6.24. The summed E-state index contributed by atoms with van der Waals surface area (Å²) in [6.07, 6.45) is -4.89. The highest BCUT2D eigenvalue weighted by Crippen LogP contribution is 2.33. The number of fused-ring (bicyclic) bond motifs is 1. The van der Waals surface area contributed by atoms with Gasteiger partial charge < -0.3 is 16.0 Å². The normalized spacial score (nSPS) is 15.3. The van der Waals surface area contributed by atoms with Gasteiger partial charge in [0.05, 0.1) is 27.8 Å². The van der Waals surface area contributed by atoms with E-state index >= 15 is 0 Å². The van der Waals surface area contributed by atoms with E-state index in [-0.39, 0.29) is 40.1 Å². The van der Waals surface area contributed by atoms with Crippen molar-refractivity contribution in [2.75, 3.05) is 16.0 Å². The molecule has 0 unspecified atom stereocenters. The molecular weight excluding hydrogens is 498 g/mol. The number of nitrogens with zero attached hydrogens (tertiary/aromatic N) is 1. The lowest BCUT2D eigenvalue weighted by molar-refractivity contribution is -0.137. The molecule has 176 valence electrons. The first-order chi connectivity index (χ1) is 16.0. The Hall–Kier alpha value is -3.57. The van der Waals surface area contributed by atoms with Crippen molar-refractivity contribution in [1.82, 2.24) is 9.97 Å². The van der Waals surface area contributed by atoms with Crippen LogP contribution in [0.1, 0.15) is 23.5 Å². The molecular formula is C21H14Cl2F3N5O3. The number of halogens is 5. The number of H-pyrrole nitrogens is 1. The summed E-state index contributed by atoms with van der Waals surface area (Å²) in [5.74, 6) is -2.87. The number of hydrogen-bond donors (Lipinski definition) is 4. The number of anilines is 4. The third-order valence-corrected chi connectivity index (χ3v) is 5.47. The molecule has 1 aliphatic heterocycles. The van der Waals surface area contributed by atoms with Gasteiger partial charge in [-0.15, -0.1) is 0 Å². The molecule has 1 atom stereocenters. The average molecular weight is 512 g/mol. The fourth-order valence-corrected chi connectivity index (χ4v) is 3.71. The third kappa shape index (κ3) is 5.00. The fraction of sp³-hybridized carbons (Fsp3) is 0.143. The SMILES string of the molecule is O=C1C[C@@H](C(=O)Nc2cc(Cl)ccc2Cl)c2c(nc(Nc3cccc(C(F)(F)F)c3)[nH]c2=O)N1. The zero-order valence-corrected chi connectivity index (χ0v) is 18.4. The van der Waals surface area contributed by atoms with Gasteiger partial charge in [0.2, 0.25) is 17.8 Å². The Balaban J connectivity index is 1.64. The molecule has 4 rings (SSSR count). The van der Waals surface area contributed by atoms with Crippen LogP contribution in [-0.4, -0.2) is 21.8 Å². The summed E-state index contributed by atoms with van der Waals surface area (Å²) >= 11 is 12.0. The molecule has 0 saturated carbocycles. The molecule has 2 aromatic carbocycles. The minimum atomic E-state index is -4.56. The Labute approximate surface area is 199 Å². The van der Waals surface area contributed by atoms with E-state index in [0.717, 1.165) is 12.1 Å². The maximum atomic E-state index is 13.0. The Morgan fingerprint density at radius 3 is 2.62 bits per heavy atom. The average Bonchev–Trinajstić information content (AvgIpc) is 2.75. The number of amides is 2. The lowest BCUT2D eigenvalue weighted by Gasteiger charge is -2.24. The number of aromatic nitrogens is 2. The van der Waals surface area contributed by atoms with Crippen molar-refractivity contribution < 1.29 is 22.8 Å². The van der Waals surface area contributed by atoms with Crippen molar-refractivity contribution in [3.05, 3.63) is 74.0 Å². The van der Waals surface area contributed by atoms with E-state index in [2.05, 4.69) is 25.9 Å². The maximum Gasteiger partial charge on any atom is 0.416 e. The topological polar surface area (TPSA) is 116 Å². The molecule has 0 radical (unpaired) electrons. The molecule has 34 heavy (non-hydrogen) atoms. The van der Waals surface area contributed by atoms with E-state index in [1.165, 1.54) is 30.3 Å².